The van der Waals surface area contributed by atoms with Crippen LogP contribution in [0.1, 0.15) is 43.4 Å². The van der Waals surface area contributed by atoms with Gasteiger partial charge < -0.3 is 10.1 Å². The summed E-state index contributed by atoms with van der Waals surface area (Å²) in [5.74, 6) is 0.687. The molecule has 3 aromatic carbocycles. The highest BCUT2D eigenvalue weighted by molar-refractivity contribution is 5.79. The molecule has 0 spiro atoms. The summed E-state index contributed by atoms with van der Waals surface area (Å²) in [6, 6.07) is 30.4. The van der Waals surface area contributed by atoms with Gasteiger partial charge in [-0.25, -0.2) is 4.68 Å². The minimum absolute atomic E-state index is 0.159. The molecule has 184 valence electrons. The average molecular weight is 482 g/mol. The second-order valence-electron chi connectivity index (χ2n) is 8.59. The number of amides is 1. The fraction of sp³-hybridized carbons (Fsp3) is 0.233. The van der Waals surface area contributed by atoms with Crippen LogP contribution in [0.4, 0.5) is 0 Å². The zero-order valence-electron chi connectivity index (χ0n) is 20.6. The van der Waals surface area contributed by atoms with Crippen LogP contribution < -0.4 is 15.6 Å². The van der Waals surface area contributed by atoms with Gasteiger partial charge in [-0.15, -0.1) is 0 Å². The molecule has 4 rings (SSSR count). The zero-order valence-corrected chi connectivity index (χ0v) is 20.6. The number of hydrogen-bond donors (Lipinski definition) is 1. The lowest BCUT2D eigenvalue weighted by atomic mass is 9.88. The molecule has 0 aliphatic heterocycles. The van der Waals surface area contributed by atoms with Crippen LogP contribution in [0.2, 0.25) is 0 Å². The van der Waals surface area contributed by atoms with E-state index < -0.39 is 6.04 Å². The van der Waals surface area contributed by atoms with Crippen molar-refractivity contribution in [3.05, 3.63) is 119 Å². The predicted octanol–water partition coefficient (Wildman–Crippen LogP) is 5.21. The Morgan fingerprint density at radius 2 is 1.50 bits per heavy atom. The molecule has 6 nitrogen and oxygen atoms in total. The van der Waals surface area contributed by atoms with Crippen LogP contribution in [0.25, 0.3) is 11.3 Å². The molecule has 0 bridgehead atoms. The normalized spacial score (nSPS) is 11.8. The van der Waals surface area contributed by atoms with Gasteiger partial charge in [0.2, 0.25) is 5.91 Å². The second-order valence-corrected chi connectivity index (χ2v) is 8.59. The van der Waals surface area contributed by atoms with E-state index in [1.807, 2.05) is 67.6 Å². The first-order valence-corrected chi connectivity index (χ1v) is 12.3. The van der Waals surface area contributed by atoms with E-state index in [0.29, 0.717) is 18.8 Å². The largest absolute Gasteiger partial charge is 0.494 e. The van der Waals surface area contributed by atoms with E-state index in [1.165, 1.54) is 21.9 Å². The fourth-order valence-electron chi connectivity index (χ4n) is 4.24. The van der Waals surface area contributed by atoms with E-state index in [0.717, 1.165) is 17.7 Å². The van der Waals surface area contributed by atoms with Gasteiger partial charge in [0.25, 0.3) is 5.56 Å². The Labute approximate surface area is 211 Å². The van der Waals surface area contributed by atoms with E-state index in [-0.39, 0.29) is 17.4 Å². The van der Waals surface area contributed by atoms with Gasteiger partial charge in [-0.2, -0.15) is 5.10 Å². The number of ether oxygens (including phenoxy) is 1. The van der Waals surface area contributed by atoms with Crippen molar-refractivity contribution < 1.29 is 9.53 Å². The number of rotatable bonds is 10. The molecule has 1 amide bonds. The highest BCUT2D eigenvalue weighted by Gasteiger charge is 2.19. The van der Waals surface area contributed by atoms with E-state index in [9.17, 15) is 9.59 Å². The molecule has 4 aromatic rings. The number of nitrogens with one attached hydrogen (secondary N) is 1. The molecule has 1 aromatic heterocycles. The average Bonchev–Trinajstić information content (AvgIpc) is 2.92. The van der Waals surface area contributed by atoms with Gasteiger partial charge in [0.05, 0.1) is 12.3 Å². The number of carbonyl (C=O) groups excluding carboxylic acids is 1. The summed E-state index contributed by atoms with van der Waals surface area (Å²) >= 11 is 0. The van der Waals surface area contributed by atoms with Gasteiger partial charge in [-0.3, -0.25) is 9.59 Å². The molecule has 6 heteroatoms. The van der Waals surface area contributed by atoms with Crippen molar-refractivity contribution in [2.45, 2.75) is 32.2 Å². The molecular formula is C30H31N3O3. The topological polar surface area (TPSA) is 73.2 Å². The Hall–Kier alpha value is -4.19. The molecule has 0 saturated carbocycles. The summed E-state index contributed by atoms with van der Waals surface area (Å²) in [5.41, 5.74) is 3.54. The highest BCUT2D eigenvalue weighted by atomic mass is 16.5. The van der Waals surface area contributed by atoms with Crippen LogP contribution in [0.5, 0.6) is 5.75 Å². The van der Waals surface area contributed by atoms with Crippen molar-refractivity contribution in [1.82, 2.24) is 15.1 Å². The van der Waals surface area contributed by atoms with Crippen molar-refractivity contribution in [3.8, 4) is 17.0 Å². The summed E-state index contributed by atoms with van der Waals surface area (Å²) < 4.78 is 6.73. The van der Waals surface area contributed by atoms with Crippen molar-refractivity contribution in [2.24, 2.45) is 0 Å². The number of carbonyl (C=O) groups is 1. The van der Waals surface area contributed by atoms with Crippen LogP contribution in [0.3, 0.4) is 0 Å². The van der Waals surface area contributed by atoms with Crippen molar-refractivity contribution in [3.63, 3.8) is 0 Å². The SMILES string of the molecule is CCOc1ccc(-c2ccc(=O)n(C(C)C(=O)NCCC(c3ccccc3)c3ccccc3)n2)cc1. The number of benzene rings is 3. The van der Waals surface area contributed by atoms with E-state index in [1.54, 1.807) is 13.0 Å². The smallest absolute Gasteiger partial charge is 0.267 e. The van der Waals surface area contributed by atoms with Gasteiger partial charge in [0.15, 0.2) is 0 Å². The standard InChI is InChI=1S/C30H31N3O3/c1-3-36-26-16-14-25(15-17-26)28-18-19-29(34)33(32-28)22(2)30(35)31-21-20-27(23-10-6-4-7-11-23)24-12-8-5-9-13-24/h4-19,22,27H,3,20-21H2,1-2H3,(H,31,35). The van der Waals surface area contributed by atoms with Crippen LogP contribution in [0.15, 0.2) is 102 Å². The van der Waals surface area contributed by atoms with Gasteiger partial charge in [-0.05, 0) is 61.7 Å². The molecule has 0 aliphatic carbocycles. The summed E-state index contributed by atoms with van der Waals surface area (Å²) in [6.45, 7) is 4.69. The number of nitrogens with zero attached hydrogens (tertiary/aromatic N) is 2. The summed E-state index contributed by atoms with van der Waals surface area (Å²) in [7, 11) is 0. The fourth-order valence-corrected chi connectivity index (χ4v) is 4.24. The molecule has 36 heavy (non-hydrogen) atoms. The minimum atomic E-state index is -0.743. The van der Waals surface area contributed by atoms with Crippen LogP contribution in [-0.2, 0) is 4.79 Å². The molecule has 0 fully saturated rings. The third kappa shape index (κ3) is 6.08. The third-order valence-corrected chi connectivity index (χ3v) is 6.17. The first-order chi connectivity index (χ1) is 17.6. The maximum absolute atomic E-state index is 13.0. The number of aromatic nitrogens is 2. The van der Waals surface area contributed by atoms with Crippen molar-refractivity contribution in [1.29, 1.82) is 0 Å². The second kappa shape index (κ2) is 12.0. The third-order valence-electron chi connectivity index (χ3n) is 6.17. The summed E-state index contributed by atoms with van der Waals surface area (Å²) in [5, 5.41) is 7.48. The van der Waals surface area contributed by atoms with Crippen molar-refractivity contribution >= 4 is 5.91 Å². The van der Waals surface area contributed by atoms with Crippen LogP contribution in [0, 0.1) is 0 Å². The van der Waals surface area contributed by atoms with E-state index >= 15 is 0 Å². The lowest BCUT2D eigenvalue weighted by Crippen LogP contribution is -2.37. The predicted molar refractivity (Wildman–Crippen MR) is 142 cm³/mol. The van der Waals surface area contributed by atoms with E-state index in [4.69, 9.17) is 4.74 Å². The van der Waals surface area contributed by atoms with E-state index in [2.05, 4.69) is 34.7 Å². The Morgan fingerprint density at radius 1 is 0.889 bits per heavy atom. The molecule has 0 saturated heterocycles. The summed E-state index contributed by atoms with van der Waals surface area (Å²) in [4.78, 5) is 25.5. The highest BCUT2D eigenvalue weighted by Crippen LogP contribution is 2.27. The first-order valence-electron chi connectivity index (χ1n) is 12.3. The quantitative estimate of drug-likeness (QED) is 0.338. The Bertz CT molecular complexity index is 1280. The zero-order chi connectivity index (χ0) is 25.3. The van der Waals surface area contributed by atoms with Gasteiger partial charge >= 0.3 is 0 Å². The monoisotopic (exact) mass is 481 g/mol. The van der Waals surface area contributed by atoms with Gasteiger partial charge in [0, 0.05) is 24.1 Å². The molecule has 0 aliphatic rings. The number of hydrogen-bond acceptors (Lipinski definition) is 4. The maximum atomic E-state index is 13.0. The maximum Gasteiger partial charge on any atom is 0.267 e. The van der Waals surface area contributed by atoms with Crippen molar-refractivity contribution in [2.75, 3.05) is 13.2 Å². The van der Waals surface area contributed by atoms with Crippen LogP contribution in [-0.4, -0.2) is 28.8 Å². The summed E-state index contributed by atoms with van der Waals surface area (Å²) in [6.07, 6.45) is 0.737. The Balaban J connectivity index is 1.44. The lowest BCUT2D eigenvalue weighted by molar-refractivity contribution is -0.124. The molecule has 0 radical (unpaired) electrons. The minimum Gasteiger partial charge on any atom is -0.494 e. The molecule has 1 atom stereocenters. The van der Waals surface area contributed by atoms with Gasteiger partial charge in [0.1, 0.15) is 11.8 Å². The Kier molecular flexibility index (Phi) is 8.29. The lowest BCUT2D eigenvalue weighted by Gasteiger charge is -2.20. The molecular weight excluding hydrogens is 450 g/mol. The molecule has 1 N–H and O–H groups in total. The first kappa shape index (κ1) is 24.9. The molecule has 1 unspecified atom stereocenters. The van der Waals surface area contributed by atoms with Gasteiger partial charge in [-0.1, -0.05) is 60.7 Å². The molecule has 1 heterocycles. The Morgan fingerprint density at radius 3 is 2.08 bits per heavy atom. The van der Waals surface area contributed by atoms with Crippen LogP contribution >= 0.6 is 0 Å².